The van der Waals surface area contributed by atoms with Gasteiger partial charge in [0.25, 0.3) is 5.91 Å². The maximum Gasteiger partial charge on any atom is 0.289 e. The molecule has 2 aliphatic heterocycles. The Hall–Kier alpha value is -1.89. The molecule has 1 aliphatic carbocycles. The molecule has 2 amide bonds. The van der Waals surface area contributed by atoms with E-state index in [1.165, 1.54) is 19.3 Å². The van der Waals surface area contributed by atoms with Gasteiger partial charge in [-0.25, -0.2) is 0 Å². The van der Waals surface area contributed by atoms with E-state index in [0.717, 1.165) is 51.2 Å². The second kappa shape index (κ2) is 8.64. The van der Waals surface area contributed by atoms with Gasteiger partial charge in [-0.15, -0.1) is 0 Å². The first-order valence-electron chi connectivity index (χ1n) is 10.8. The van der Waals surface area contributed by atoms with Crippen molar-refractivity contribution in [2.24, 2.45) is 5.92 Å². The first kappa shape index (κ1) is 19.4. The highest BCUT2D eigenvalue weighted by atomic mass is 16.5. The van der Waals surface area contributed by atoms with E-state index < -0.39 is 0 Å². The van der Waals surface area contributed by atoms with Crippen molar-refractivity contribution in [3.8, 4) is 0 Å². The number of amides is 2. The highest BCUT2D eigenvalue weighted by Crippen LogP contribution is 2.35. The third-order valence-electron chi connectivity index (χ3n) is 6.41. The molecule has 0 spiro atoms. The number of rotatable bonds is 7. The van der Waals surface area contributed by atoms with E-state index >= 15 is 0 Å². The SMILES string of the molecule is Cc1cc(C(=O)NC[C@@H]2CC[C@H](CC(=O)N3CCCCC3)N2CC2CC2)on1. The summed E-state index contributed by atoms with van der Waals surface area (Å²) in [5.74, 6) is 1.13. The van der Waals surface area contributed by atoms with Crippen LogP contribution < -0.4 is 5.32 Å². The summed E-state index contributed by atoms with van der Waals surface area (Å²) in [5.41, 5.74) is 0.706. The maximum atomic E-state index is 12.8. The van der Waals surface area contributed by atoms with Crippen molar-refractivity contribution in [3.63, 3.8) is 0 Å². The predicted octanol–water partition coefficient (Wildman–Crippen LogP) is 2.36. The average molecular weight is 389 g/mol. The standard InChI is InChI=1S/C21H32N4O3/c1-15-11-19(28-23-15)21(27)22-13-18-8-7-17(25(18)14-16-5-6-16)12-20(26)24-9-3-2-4-10-24/h11,16-18H,2-10,12-14H2,1H3,(H,22,27)/t17-,18+/m1/s1. The number of aromatic nitrogens is 1. The summed E-state index contributed by atoms with van der Waals surface area (Å²) in [6.45, 7) is 5.30. The van der Waals surface area contributed by atoms with Gasteiger partial charge in [0.15, 0.2) is 0 Å². The van der Waals surface area contributed by atoms with E-state index in [1.54, 1.807) is 13.0 Å². The molecule has 28 heavy (non-hydrogen) atoms. The van der Waals surface area contributed by atoms with E-state index in [2.05, 4.69) is 20.3 Å². The van der Waals surface area contributed by atoms with Gasteiger partial charge in [0.2, 0.25) is 11.7 Å². The Morgan fingerprint density at radius 1 is 1.14 bits per heavy atom. The fourth-order valence-electron chi connectivity index (χ4n) is 4.59. The van der Waals surface area contributed by atoms with Gasteiger partial charge in [-0.3, -0.25) is 14.5 Å². The largest absolute Gasteiger partial charge is 0.351 e. The van der Waals surface area contributed by atoms with Gasteiger partial charge in [-0.05, 0) is 57.8 Å². The van der Waals surface area contributed by atoms with Crippen LogP contribution in [0.2, 0.25) is 0 Å². The monoisotopic (exact) mass is 388 g/mol. The molecule has 154 valence electrons. The van der Waals surface area contributed by atoms with Crippen LogP contribution in [0.15, 0.2) is 10.6 Å². The zero-order valence-electron chi connectivity index (χ0n) is 16.9. The summed E-state index contributed by atoms with van der Waals surface area (Å²) < 4.78 is 5.06. The Morgan fingerprint density at radius 3 is 2.57 bits per heavy atom. The summed E-state index contributed by atoms with van der Waals surface area (Å²) in [7, 11) is 0. The van der Waals surface area contributed by atoms with Gasteiger partial charge in [0, 0.05) is 50.7 Å². The third-order valence-corrected chi connectivity index (χ3v) is 6.41. The van der Waals surface area contributed by atoms with Gasteiger partial charge >= 0.3 is 0 Å². The number of hydrogen-bond donors (Lipinski definition) is 1. The second-order valence-electron chi connectivity index (χ2n) is 8.71. The molecule has 0 radical (unpaired) electrons. The molecule has 1 saturated carbocycles. The van der Waals surface area contributed by atoms with Crippen LogP contribution in [0.25, 0.3) is 0 Å². The lowest BCUT2D eigenvalue weighted by atomic mass is 10.1. The highest BCUT2D eigenvalue weighted by molar-refractivity contribution is 5.91. The van der Waals surface area contributed by atoms with Gasteiger partial charge < -0.3 is 14.7 Å². The van der Waals surface area contributed by atoms with Crippen LogP contribution >= 0.6 is 0 Å². The molecule has 1 N–H and O–H groups in total. The lowest BCUT2D eigenvalue weighted by Crippen LogP contribution is -2.46. The molecule has 4 rings (SSSR count). The molecular weight excluding hydrogens is 356 g/mol. The van der Waals surface area contributed by atoms with Crippen molar-refractivity contribution in [3.05, 3.63) is 17.5 Å². The van der Waals surface area contributed by atoms with Gasteiger partial charge in [-0.1, -0.05) is 5.16 Å². The van der Waals surface area contributed by atoms with Crippen LogP contribution in [0.5, 0.6) is 0 Å². The number of likely N-dealkylation sites (tertiary alicyclic amines) is 2. The number of aryl methyl sites for hydroxylation is 1. The van der Waals surface area contributed by atoms with Crippen LogP contribution in [0.1, 0.15) is 67.6 Å². The molecule has 3 heterocycles. The van der Waals surface area contributed by atoms with Crippen molar-refractivity contribution >= 4 is 11.8 Å². The lowest BCUT2D eigenvalue weighted by molar-refractivity contribution is -0.133. The number of nitrogens with zero attached hydrogens (tertiary/aromatic N) is 3. The molecule has 1 aromatic heterocycles. The maximum absolute atomic E-state index is 12.8. The molecular formula is C21H32N4O3. The topological polar surface area (TPSA) is 78.7 Å². The summed E-state index contributed by atoms with van der Waals surface area (Å²) in [6.07, 6.45) is 8.79. The first-order chi connectivity index (χ1) is 13.6. The van der Waals surface area contributed by atoms with Crippen molar-refractivity contribution in [2.45, 2.75) is 70.4 Å². The quantitative estimate of drug-likeness (QED) is 0.776. The van der Waals surface area contributed by atoms with Crippen LogP contribution in [0.3, 0.4) is 0 Å². The van der Waals surface area contributed by atoms with Crippen molar-refractivity contribution < 1.29 is 14.1 Å². The number of nitrogens with one attached hydrogen (secondary N) is 1. The van der Waals surface area contributed by atoms with Gasteiger partial charge in [0.05, 0.1) is 5.69 Å². The Balaban J connectivity index is 1.33. The van der Waals surface area contributed by atoms with E-state index in [0.29, 0.717) is 36.7 Å². The summed E-state index contributed by atoms with van der Waals surface area (Å²) in [5, 5.41) is 6.79. The minimum Gasteiger partial charge on any atom is -0.351 e. The summed E-state index contributed by atoms with van der Waals surface area (Å²) in [4.78, 5) is 29.6. The highest BCUT2D eigenvalue weighted by Gasteiger charge is 2.38. The number of carbonyl (C=O) groups is 2. The van der Waals surface area contributed by atoms with E-state index in [-0.39, 0.29) is 11.7 Å². The Labute approximate surface area is 166 Å². The smallest absolute Gasteiger partial charge is 0.289 e. The minimum atomic E-state index is -0.209. The predicted molar refractivity (Wildman–Crippen MR) is 105 cm³/mol. The van der Waals surface area contributed by atoms with E-state index in [9.17, 15) is 9.59 Å². The lowest BCUT2D eigenvalue weighted by Gasteiger charge is -2.33. The van der Waals surface area contributed by atoms with Crippen molar-refractivity contribution in [1.82, 2.24) is 20.3 Å². The molecule has 2 atom stereocenters. The molecule has 7 heteroatoms. The van der Waals surface area contributed by atoms with E-state index in [1.807, 2.05) is 0 Å². The van der Waals surface area contributed by atoms with Crippen LogP contribution in [-0.2, 0) is 4.79 Å². The van der Waals surface area contributed by atoms with Gasteiger partial charge in [0.1, 0.15) is 0 Å². The molecule has 0 bridgehead atoms. The number of hydrogen-bond acceptors (Lipinski definition) is 5. The fourth-order valence-corrected chi connectivity index (χ4v) is 4.59. The zero-order valence-corrected chi connectivity index (χ0v) is 16.9. The molecule has 2 saturated heterocycles. The summed E-state index contributed by atoms with van der Waals surface area (Å²) in [6, 6.07) is 2.27. The molecule has 0 unspecified atom stereocenters. The fraction of sp³-hybridized carbons (Fsp3) is 0.762. The molecule has 1 aromatic rings. The Morgan fingerprint density at radius 2 is 1.89 bits per heavy atom. The molecule has 7 nitrogen and oxygen atoms in total. The number of piperidine rings is 1. The minimum absolute atomic E-state index is 0.209. The van der Waals surface area contributed by atoms with Crippen molar-refractivity contribution in [2.75, 3.05) is 26.2 Å². The van der Waals surface area contributed by atoms with Crippen molar-refractivity contribution in [1.29, 1.82) is 0 Å². The normalized spacial score (nSPS) is 25.8. The summed E-state index contributed by atoms with van der Waals surface area (Å²) >= 11 is 0. The third kappa shape index (κ3) is 4.74. The number of carbonyl (C=O) groups excluding carboxylic acids is 2. The van der Waals surface area contributed by atoms with Crippen LogP contribution in [0, 0.1) is 12.8 Å². The molecule has 3 aliphatic rings. The van der Waals surface area contributed by atoms with E-state index in [4.69, 9.17) is 4.52 Å². The first-order valence-corrected chi connectivity index (χ1v) is 10.8. The second-order valence-corrected chi connectivity index (χ2v) is 8.71. The Kier molecular flexibility index (Phi) is 5.99. The van der Waals surface area contributed by atoms with Gasteiger partial charge in [-0.2, -0.15) is 0 Å². The van der Waals surface area contributed by atoms with Crippen LogP contribution in [-0.4, -0.2) is 65.0 Å². The average Bonchev–Trinajstić information content (AvgIpc) is 3.30. The Bertz CT molecular complexity index is 694. The molecule has 0 aromatic carbocycles. The molecule has 3 fully saturated rings. The van der Waals surface area contributed by atoms with Crippen LogP contribution in [0.4, 0.5) is 0 Å². The zero-order chi connectivity index (χ0) is 19.5.